The van der Waals surface area contributed by atoms with Crippen molar-refractivity contribution in [1.29, 1.82) is 0 Å². The predicted molar refractivity (Wildman–Crippen MR) is 108 cm³/mol. The minimum absolute atomic E-state index is 0.158. The van der Waals surface area contributed by atoms with Gasteiger partial charge >= 0.3 is 0 Å². The molecule has 0 aliphatic carbocycles. The van der Waals surface area contributed by atoms with E-state index in [4.69, 9.17) is 0 Å². The third-order valence-corrected chi connectivity index (χ3v) is 4.47. The van der Waals surface area contributed by atoms with Crippen LogP contribution in [0.1, 0.15) is 29.7 Å². The largest absolute Gasteiger partial charge is 0.350 e. The topological polar surface area (TPSA) is 62.3 Å². The van der Waals surface area contributed by atoms with Gasteiger partial charge in [0.2, 0.25) is 11.8 Å². The summed E-state index contributed by atoms with van der Waals surface area (Å²) in [6.45, 7) is 2.20. The van der Waals surface area contributed by atoms with Crippen molar-refractivity contribution >= 4 is 11.8 Å². The Hall–Kier alpha value is -3.47. The lowest BCUT2D eigenvalue weighted by atomic mass is 10.0. The summed E-state index contributed by atoms with van der Waals surface area (Å²) in [6.07, 6.45) is 3.40. The van der Waals surface area contributed by atoms with E-state index < -0.39 is 6.04 Å². The van der Waals surface area contributed by atoms with Gasteiger partial charge in [-0.3, -0.25) is 14.6 Å². The van der Waals surface area contributed by atoms with Crippen LogP contribution in [0.25, 0.3) is 0 Å². The third kappa shape index (κ3) is 5.04. The van der Waals surface area contributed by atoms with E-state index in [1.165, 1.54) is 6.92 Å². The normalized spacial score (nSPS) is 11.5. The van der Waals surface area contributed by atoms with Crippen molar-refractivity contribution in [1.82, 2.24) is 15.2 Å². The van der Waals surface area contributed by atoms with Gasteiger partial charge < -0.3 is 10.2 Å². The molecule has 5 heteroatoms. The van der Waals surface area contributed by atoms with Crippen LogP contribution in [0.3, 0.4) is 0 Å². The minimum Gasteiger partial charge on any atom is -0.350 e. The fraction of sp³-hybridized carbons (Fsp3) is 0.174. The molecule has 1 atom stereocenters. The molecular formula is C23H23N3O2. The molecule has 5 nitrogen and oxygen atoms in total. The van der Waals surface area contributed by atoms with E-state index in [1.54, 1.807) is 17.3 Å². The number of rotatable bonds is 7. The zero-order valence-electron chi connectivity index (χ0n) is 15.8. The van der Waals surface area contributed by atoms with Gasteiger partial charge in [-0.2, -0.15) is 0 Å². The second-order valence-electron chi connectivity index (χ2n) is 6.52. The lowest BCUT2D eigenvalue weighted by molar-refractivity contribution is -0.140. The molecule has 1 unspecified atom stereocenters. The second-order valence-corrected chi connectivity index (χ2v) is 6.52. The number of carbonyl (C=O) groups is 2. The van der Waals surface area contributed by atoms with Crippen LogP contribution in [-0.2, 0) is 22.7 Å². The Morgan fingerprint density at radius 3 is 2.18 bits per heavy atom. The first-order valence-electron chi connectivity index (χ1n) is 9.18. The Balaban J connectivity index is 1.86. The molecule has 0 aliphatic heterocycles. The average Bonchev–Trinajstić information content (AvgIpc) is 2.74. The van der Waals surface area contributed by atoms with Gasteiger partial charge in [-0.25, -0.2) is 0 Å². The van der Waals surface area contributed by atoms with E-state index in [0.29, 0.717) is 13.1 Å². The Labute approximate surface area is 165 Å². The number of aromatic nitrogens is 1. The second kappa shape index (κ2) is 9.46. The Morgan fingerprint density at radius 2 is 1.57 bits per heavy atom. The molecule has 2 amide bonds. The molecule has 0 spiro atoms. The first kappa shape index (κ1) is 19.3. The highest BCUT2D eigenvalue weighted by Crippen LogP contribution is 2.24. The predicted octanol–water partition coefficient (Wildman–Crippen LogP) is 3.49. The van der Waals surface area contributed by atoms with Gasteiger partial charge in [-0.05, 0) is 22.8 Å². The first-order valence-corrected chi connectivity index (χ1v) is 9.18. The molecule has 0 saturated heterocycles. The van der Waals surface area contributed by atoms with E-state index >= 15 is 0 Å². The van der Waals surface area contributed by atoms with Gasteiger partial charge in [0.1, 0.15) is 6.04 Å². The average molecular weight is 373 g/mol. The van der Waals surface area contributed by atoms with Crippen LogP contribution >= 0.6 is 0 Å². The molecule has 3 aromatic rings. The van der Waals surface area contributed by atoms with Crippen LogP contribution in [0, 0.1) is 0 Å². The molecule has 1 N–H and O–H groups in total. The van der Waals surface area contributed by atoms with Crippen LogP contribution in [0.2, 0.25) is 0 Å². The van der Waals surface area contributed by atoms with Crippen LogP contribution < -0.4 is 5.32 Å². The highest BCUT2D eigenvalue weighted by molar-refractivity contribution is 5.88. The van der Waals surface area contributed by atoms with E-state index in [9.17, 15) is 9.59 Å². The summed E-state index contributed by atoms with van der Waals surface area (Å²) in [7, 11) is 0. The summed E-state index contributed by atoms with van der Waals surface area (Å²) >= 11 is 0. The Bertz CT molecular complexity index is 899. The van der Waals surface area contributed by atoms with Crippen molar-refractivity contribution in [2.75, 3.05) is 0 Å². The van der Waals surface area contributed by atoms with Gasteiger partial charge in [-0.1, -0.05) is 66.7 Å². The molecule has 1 aromatic heterocycles. The highest BCUT2D eigenvalue weighted by atomic mass is 16.2. The smallest absolute Gasteiger partial charge is 0.247 e. The standard InChI is InChI=1S/C23H23N3O2/c1-18(27)26(17-19-9-4-2-5-10-19)22(21-12-6-3-7-13-21)23(28)25-16-20-11-8-14-24-15-20/h2-15,22H,16-17H2,1H3,(H,25,28). The SMILES string of the molecule is CC(=O)N(Cc1ccccc1)C(C(=O)NCc1cccnc1)c1ccccc1. The maximum Gasteiger partial charge on any atom is 0.247 e. The van der Waals surface area contributed by atoms with Crippen LogP contribution in [0.15, 0.2) is 85.2 Å². The molecule has 0 saturated carbocycles. The van der Waals surface area contributed by atoms with Crippen molar-refractivity contribution in [2.45, 2.75) is 26.1 Å². The summed E-state index contributed by atoms with van der Waals surface area (Å²) in [5, 5.41) is 2.95. The van der Waals surface area contributed by atoms with Crippen molar-refractivity contribution in [3.63, 3.8) is 0 Å². The maximum absolute atomic E-state index is 13.1. The van der Waals surface area contributed by atoms with Crippen LogP contribution in [0.5, 0.6) is 0 Å². The Morgan fingerprint density at radius 1 is 0.929 bits per heavy atom. The van der Waals surface area contributed by atoms with Gasteiger partial charge in [0.25, 0.3) is 0 Å². The van der Waals surface area contributed by atoms with Crippen molar-refractivity contribution in [3.8, 4) is 0 Å². The van der Waals surface area contributed by atoms with Gasteiger partial charge in [0, 0.05) is 32.4 Å². The lowest BCUT2D eigenvalue weighted by Crippen LogP contribution is -2.42. The number of nitrogens with zero attached hydrogens (tertiary/aromatic N) is 2. The lowest BCUT2D eigenvalue weighted by Gasteiger charge is -2.30. The summed E-state index contributed by atoms with van der Waals surface area (Å²) in [4.78, 5) is 31.3. The summed E-state index contributed by atoms with van der Waals surface area (Å²) in [5.41, 5.74) is 2.65. The summed E-state index contributed by atoms with van der Waals surface area (Å²) in [5.74, 6) is -0.379. The number of hydrogen-bond donors (Lipinski definition) is 1. The number of carbonyl (C=O) groups excluding carboxylic acids is 2. The number of hydrogen-bond acceptors (Lipinski definition) is 3. The van der Waals surface area contributed by atoms with E-state index in [0.717, 1.165) is 16.7 Å². The molecule has 0 radical (unpaired) electrons. The molecule has 2 aromatic carbocycles. The number of benzene rings is 2. The monoisotopic (exact) mass is 373 g/mol. The van der Waals surface area contributed by atoms with Crippen molar-refractivity contribution in [2.24, 2.45) is 0 Å². The van der Waals surface area contributed by atoms with Gasteiger partial charge in [-0.15, -0.1) is 0 Å². The molecular weight excluding hydrogens is 350 g/mol. The minimum atomic E-state index is -0.712. The fourth-order valence-electron chi connectivity index (χ4n) is 3.06. The molecule has 3 rings (SSSR count). The van der Waals surface area contributed by atoms with Crippen molar-refractivity contribution < 1.29 is 9.59 Å². The molecule has 142 valence electrons. The van der Waals surface area contributed by atoms with Crippen LogP contribution in [0.4, 0.5) is 0 Å². The zero-order chi connectivity index (χ0) is 19.8. The van der Waals surface area contributed by atoms with E-state index in [1.807, 2.05) is 72.8 Å². The zero-order valence-corrected chi connectivity index (χ0v) is 15.8. The van der Waals surface area contributed by atoms with E-state index in [-0.39, 0.29) is 11.8 Å². The molecule has 0 bridgehead atoms. The maximum atomic E-state index is 13.1. The third-order valence-electron chi connectivity index (χ3n) is 4.47. The van der Waals surface area contributed by atoms with Crippen molar-refractivity contribution in [3.05, 3.63) is 102 Å². The molecule has 0 fully saturated rings. The highest BCUT2D eigenvalue weighted by Gasteiger charge is 2.29. The number of nitrogens with one attached hydrogen (secondary N) is 1. The molecule has 1 heterocycles. The summed E-state index contributed by atoms with van der Waals surface area (Å²) < 4.78 is 0. The van der Waals surface area contributed by atoms with Gasteiger partial charge in [0.15, 0.2) is 0 Å². The molecule has 28 heavy (non-hydrogen) atoms. The number of amides is 2. The Kier molecular flexibility index (Phi) is 6.52. The van der Waals surface area contributed by atoms with E-state index in [2.05, 4.69) is 10.3 Å². The fourth-order valence-corrected chi connectivity index (χ4v) is 3.06. The molecule has 0 aliphatic rings. The van der Waals surface area contributed by atoms with Gasteiger partial charge in [0.05, 0.1) is 0 Å². The number of pyridine rings is 1. The van der Waals surface area contributed by atoms with Crippen LogP contribution in [-0.4, -0.2) is 21.7 Å². The first-order chi connectivity index (χ1) is 13.6. The summed E-state index contributed by atoms with van der Waals surface area (Å²) in [6, 6.07) is 22.1. The quantitative estimate of drug-likeness (QED) is 0.690.